The lowest BCUT2D eigenvalue weighted by molar-refractivity contribution is -0.0153. The van der Waals surface area contributed by atoms with E-state index >= 15 is 0 Å². The number of rotatable bonds is 8. The van der Waals surface area contributed by atoms with Crippen LogP contribution in [-0.4, -0.2) is 42.3 Å². The zero-order valence-corrected chi connectivity index (χ0v) is 18.7. The SMILES string of the molecule is CCNc1cccc(C23CCCC(C2C)N(CC(CO)Cc2ccccc2)CC3)c1. The second kappa shape index (κ2) is 9.53. The molecule has 1 saturated carbocycles. The van der Waals surface area contributed by atoms with Crippen LogP contribution in [0.4, 0.5) is 5.69 Å². The normalized spacial score (nSPS) is 27.6. The molecule has 3 nitrogen and oxygen atoms in total. The fourth-order valence-corrected chi connectivity index (χ4v) is 6.22. The molecule has 3 heteroatoms. The summed E-state index contributed by atoms with van der Waals surface area (Å²) in [4.78, 5) is 2.71. The lowest BCUT2D eigenvalue weighted by Gasteiger charge is -2.56. The lowest BCUT2D eigenvalue weighted by Crippen LogP contribution is -2.58. The van der Waals surface area contributed by atoms with Crippen LogP contribution in [0.3, 0.4) is 0 Å². The van der Waals surface area contributed by atoms with Gasteiger partial charge < -0.3 is 10.4 Å². The predicted molar refractivity (Wildman–Crippen MR) is 126 cm³/mol. The summed E-state index contributed by atoms with van der Waals surface area (Å²) in [5, 5.41) is 13.6. The molecule has 2 N–H and O–H groups in total. The number of hydrogen-bond donors (Lipinski definition) is 2. The van der Waals surface area contributed by atoms with Crippen LogP contribution in [0.5, 0.6) is 0 Å². The van der Waals surface area contributed by atoms with Crippen molar-refractivity contribution in [3.8, 4) is 0 Å². The van der Waals surface area contributed by atoms with Gasteiger partial charge in [-0.05, 0) is 74.2 Å². The van der Waals surface area contributed by atoms with Crippen molar-refractivity contribution >= 4 is 5.69 Å². The van der Waals surface area contributed by atoms with Gasteiger partial charge in [0.05, 0.1) is 0 Å². The number of hydrogen-bond acceptors (Lipinski definition) is 3. The molecule has 1 heterocycles. The number of fused-ring (bicyclic) bond motifs is 2. The van der Waals surface area contributed by atoms with Crippen LogP contribution in [0.15, 0.2) is 54.6 Å². The van der Waals surface area contributed by atoms with Crippen LogP contribution in [0.1, 0.15) is 50.7 Å². The molecule has 4 unspecified atom stereocenters. The van der Waals surface area contributed by atoms with Crippen LogP contribution in [0, 0.1) is 11.8 Å². The first-order valence-electron chi connectivity index (χ1n) is 11.9. The van der Waals surface area contributed by atoms with Crippen molar-refractivity contribution in [1.82, 2.24) is 4.90 Å². The van der Waals surface area contributed by atoms with Crippen LogP contribution in [0.25, 0.3) is 0 Å². The van der Waals surface area contributed by atoms with E-state index in [0.717, 1.165) is 26.1 Å². The Morgan fingerprint density at radius 1 is 1.13 bits per heavy atom. The summed E-state index contributed by atoms with van der Waals surface area (Å²) in [5.41, 5.74) is 4.42. The molecular weight excluding hydrogens is 368 g/mol. The van der Waals surface area contributed by atoms with Crippen molar-refractivity contribution in [3.63, 3.8) is 0 Å². The Balaban J connectivity index is 1.49. The molecule has 4 atom stereocenters. The molecule has 0 radical (unpaired) electrons. The monoisotopic (exact) mass is 406 g/mol. The lowest BCUT2D eigenvalue weighted by atomic mass is 9.57. The average Bonchev–Trinajstić information content (AvgIpc) is 2.76. The molecule has 2 aromatic carbocycles. The molecule has 1 aliphatic carbocycles. The van der Waals surface area contributed by atoms with Gasteiger partial charge in [0.15, 0.2) is 0 Å². The first-order chi connectivity index (χ1) is 14.7. The number of aliphatic hydroxyl groups is 1. The Hall–Kier alpha value is -1.84. The van der Waals surface area contributed by atoms with Crippen LogP contribution < -0.4 is 5.32 Å². The van der Waals surface area contributed by atoms with Crippen molar-refractivity contribution in [3.05, 3.63) is 65.7 Å². The Morgan fingerprint density at radius 3 is 2.73 bits per heavy atom. The molecule has 162 valence electrons. The maximum Gasteiger partial charge on any atom is 0.0474 e. The summed E-state index contributed by atoms with van der Waals surface area (Å²) < 4.78 is 0. The maximum atomic E-state index is 10.1. The van der Waals surface area contributed by atoms with Gasteiger partial charge in [0.25, 0.3) is 0 Å². The van der Waals surface area contributed by atoms with Gasteiger partial charge in [0.1, 0.15) is 0 Å². The highest BCUT2D eigenvalue weighted by Crippen LogP contribution is 2.51. The average molecular weight is 407 g/mol. The minimum absolute atomic E-state index is 0.266. The van der Waals surface area contributed by atoms with Gasteiger partial charge in [-0.15, -0.1) is 0 Å². The van der Waals surface area contributed by atoms with Crippen molar-refractivity contribution in [2.45, 2.75) is 57.4 Å². The van der Waals surface area contributed by atoms with Gasteiger partial charge in [0.2, 0.25) is 0 Å². The van der Waals surface area contributed by atoms with E-state index in [1.807, 2.05) is 0 Å². The summed E-state index contributed by atoms with van der Waals surface area (Å²) in [6, 6.07) is 20.5. The molecule has 2 aliphatic rings. The van der Waals surface area contributed by atoms with Crippen molar-refractivity contribution in [2.24, 2.45) is 11.8 Å². The van der Waals surface area contributed by atoms with Crippen LogP contribution in [0.2, 0.25) is 0 Å². The van der Waals surface area contributed by atoms with E-state index < -0.39 is 0 Å². The molecule has 0 aromatic heterocycles. The minimum atomic E-state index is 0.266. The second-order valence-corrected chi connectivity index (χ2v) is 9.50. The molecule has 2 bridgehead atoms. The Bertz CT molecular complexity index is 808. The highest BCUT2D eigenvalue weighted by Gasteiger charge is 2.49. The molecule has 2 fully saturated rings. The van der Waals surface area contributed by atoms with Gasteiger partial charge in [-0.3, -0.25) is 4.90 Å². The summed E-state index contributed by atoms with van der Waals surface area (Å²) >= 11 is 0. The highest BCUT2D eigenvalue weighted by atomic mass is 16.3. The van der Waals surface area contributed by atoms with E-state index in [2.05, 4.69) is 78.7 Å². The van der Waals surface area contributed by atoms with Crippen molar-refractivity contribution < 1.29 is 5.11 Å². The van der Waals surface area contributed by atoms with Gasteiger partial charge in [-0.2, -0.15) is 0 Å². The zero-order valence-electron chi connectivity index (χ0n) is 18.7. The fourth-order valence-electron chi connectivity index (χ4n) is 6.22. The Morgan fingerprint density at radius 2 is 1.97 bits per heavy atom. The molecule has 30 heavy (non-hydrogen) atoms. The van der Waals surface area contributed by atoms with Gasteiger partial charge in [0, 0.05) is 36.8 Å². The van der Waals surface area contributed by atoms with Crippen LogP contribution in [-0.2, 0) is 11.8 Å². The molecule has 1 aliphatic heterocycles. The molecule has 0 spiro atoms. The second-order valence-electron chi connectivity index (χ2n) is 9.50. The molecule has 4 rings (SSSR count). The fraction of sp³-hybridized carbons (Fsp3) is 0.556. The topological polar surface area (TPSA) is 35.5 Å². The first-order valence-corrected chi connectivity index (χ1v) is 11.9. The highest BCUT2D eigenvalue weighted by molar-refractivity contribution is 5.48. The third kappa shape index (κ3) is 4.29. The zero-order chi connectivity index (χ0) is 21.0. The number of likely N-dealkylation sites (tertiary alicyclic amines) is 1. The summed E-state index contributed by atoms with van der Waals surface area (Å²) in [6.07, 6.45) is 6.09. The molecule has 2 aromatic rings. The third-order valence-corrected chi connectivity index (χ3v) is 7.82. The number of piperidine rings is 1. The molecule has 1 saturated heterocycles. The summed E-state index contributed by atoms with van der Waals surface area (Å²) in [5.74, 6) is 0.957. The van der Waals surface area contributed by atoms with Gasteiger partial charge in [-0.25, -0.2) is 0 Å². The van der Waals surface area contributed by atoms with Crippen LogP contribution >= 0.6 is 0 Å². The van der Waals surface area contributed by atoms with E-state index in [0.29, 0.717) is 23.3 Å². The van der Waals surface area contributed by atoms with Gasteiger partial charge in [-0.1, -0.05) is 55.8 Å². The van der Waals surface area contributed by atoms with E-state index in [4.69, 9.17) is 0 Å². The number of anilines is 1. The van der Waals surface area contributed by atoms with E-state index in [9.17, 15) is 5.11 Å². The van der Waals surface area contributed by atoms with E-state index in [1.165, 1.54) is 42.5 Å². The number of aliphatic hydroxyl groups excluding tert-OH is 1. The predicted octanol–water partition coefficient (Wildman–Crippen LogP) is 5.10. The van der Waals surface area contributed by atoms with Gasteiger partial charge >= 0.3 is 0 Å². The number of nitrogens with zero attached hydrogens (tertiary/aromatic N) is 1. The number of nitrogens with one attached hydrogen (secondary N) is 1. The number of benzene rings is 2. The molecular formula is C27H38N2O. The first kappa shape index (κ1) is 21.4. The van der Waals surface area contributed by atoms with Crippen molar-refractivity contribution in [1.29, 1.82) is 0 Å². The maximum absolute atomic E-state index is 10.1. The van der Waals surface area contributed by atoms with E-state index in [1.54, 1.807) is 0 Å². The summed E-state index contributed by atoms with van der Waals surface area (Å²) in [7, 11) is 0. The third-order valence-electron chi connectivity index (χ3n) is 7.82. The van der Waals surface area contributed by atoms with E-state index in [-0.39, 0.29) is 6.61 Å². The van der Waals surface area contributed by atoms with Crippen molar-refractivity contribution in [2.75, 3.05) is 31.6 Å². The minimum Gasteiger partial charge on any atom is -0.396 e. The smallest absolute Gasteiger partial charge is 0.0474 e. The summed E-state index contributed by atoms with van der Waals surface area (Å²) in [6.45, 7) is 8.03. The largest absolute Gasteiger partial charge is 0.396 e. The Kier molecular flexibility index (Phi) is 6.80. The molecule has 0 amide bonds. The Labute approximate surface area is 182 Å². The standard InChI is InChI=1S/C27H38N2O/c1-3-28-25-12-7-11-24(18-25)27-14-8-13-26(21(27)2)29(16-15-27)19-23(20-30)17-22-9-5-4-6-10-22/h4-7,9-12,18,21,23,26,28,30H,3,8,13-17,19-20H2,1-2H3. The quantitative estimate of drug-likeness (QED) is 0.640.